The van der Waals surface area contributed by atoms with Crippen molar-refractivity contribution in [3.63, 3.8) is 0 Å². The topological polar surface area (TPSA) is 0 Å². The van der Waals surface area contributed by atoms with Crippen LogP contribution < -0.4 is 0 Å². The van der Waals surface area contributed by atoms with E-state index < -0.39 is 0 Å². The van der Waals surface area contributed by atoms with Crippen LogP contribution in [0.2, 0.25) is 0 Å². The molecule has 0 aromatic heterocycles. The van der Waals surface area contributed by atoms with Gasteiger partial charge in [0, 0.05) is 0 Å². The van der Waals surface area contributed by atoms with Crippen LogP contribution in [0.15, 0.2) is 0 Å². The molecule has 36 valence electrons. The van der Waals surface area contributed by atoms with E-state index in [0.29, 0.717) is 0 Å². The molecule has 0 aliphatic heterocycles. The van der Waals surface area contributed by atoms with Crippen LogP contribution in [0.4, 0.5) is 0 Å². The normalized spacial score (nSPS) is 20.0. The fourth-order valence-corrected chi connectivity index (χ4v) is 0.884. The van der Waals surface area contributed by atoms with Crippen LogP contribution in [0.1, 0.15) is 32.1 Å². The van der Waals surface area contributed by atoms with Crippen molar-refractivity contribution in [3.8, 4) is 0 Å². The summed E-state index contributed by atoms with van der Waals surface area (Å²) >= 11 is 0. The number of rotatable bonds is 0. The van der Waals surface area contributed by atoms with Crippen molar-refractivity contribution < 1.29 is 0 Å². The molecule has 1 aliphatic carbocycles. The summed E-state index contributed by atoms with van der Waals surface area (Å²) in [7, 11) is 0. The van der Waals surface area contributed by atoms with Crippen molar-refractivity contribution in [2.24, 2.45) is 0 Å². The van der Waals surface area contributed by atoms with Crippen LogP contribution in [0.5, 0.6) is 0 Å². The van der Waals surface area contributed by atoms with E-state index in [-0.39, 0.29) is 25.8 Å². The van der Waals surface area contributed by atoms with Crippen molar-refractivity contribution in [2.75, 3.05) is 0 Å². The Hall–Kier alpha value is 0.870. The van der Waals surface area contributed by atoms with Gasteiger partial charge in [0.15, 0.2) is 0 Å². The summed E-state index contributed by atoms with van der Waals surface area (Å²) < 4.78 is 0. The van der Waals surface area contributed by atoms with E-state index in [0.717, 1.165) is 0 Å². The SMILES string of the molecule is C1CCCC1.[InH3]. The summed E-state index contributed by atoms with van der Waals surface area (Å²) in [6, 6.07) is 0. The number of hydrogen-bond donors (Lipinski definition) is 0. The molecule has 0 aromatic rings. The van der Waals surface area contributed by atoms with E-state index in [2.05, 4.69) is 0 Å². The molecule has 0 amide bonds. The third kappa shape index (κ3) is 2.12. The fourth-order valence-electron chi connectivity index (χ4n) is 0.884. The van der Waals surface area contributed by atoms with Gasteiger partial charge in [-0.15, -0.1) is 0 Å². The van der Waals surface area contributed by atoms with Crippen LogP contribution in [0, 0.1) is 0 Å². The van der Waals surface area contributed by atoms with Crippen LogP contribution in [-0.2, 0) is 0 Å². The molecule has 1 fully saturated rings. The zero-order chi connectivity index (χ0) is 3.54. The monoisotopic (exact) mass is 188 g/mol. The molecule has 6 heavy (non-hydrogen) atoms. The van der Waals surface area contributed by atoms with Gasteiger partial charge in [0.1, 0.15) is 0 Å². The van der Waals surface area contributed by atoms with Crippen molar-refractivity contribution in [1.29, 1.82) is 0 Å². The molecule has 0 atom stereocenters. The standard InChI is InChI=1S/C5H10.In.3H/c1-2-4-5-3-1;;;;/h1-5H2;;;;. The van der Waals surface area contributed by atoms with E-state index in [4.69, 9.17) is 0 Å². The summed E-state index contributed by atoms with van der Waals surface area (Å²) in [6.07, 6.45) is 7.50. The molecule has 0 heterocycles. The average Bonchev–Trinajstić information content (AvgIpc) is 1.76. The zero-order valence-corrected chi connectivity index (χ0v) is 3.54. The molecule has 1 aliphatic rings. The first-order chi connectivity index (χ1) is 2.50. The predicted molar refractivity (Wildman–Crippen MR) is 33.0 cm³/mol. The van der Waals surface area contributed by atoms with Gasteiger partial charge in [-0.05, 0) is 0 Å². The summed E-state index contributed by atoms with van der Waals surface area (Å²) in [5, 5.41) is 0. The Morgan fingerprint density at radius 3 is 0.833 bits per heavy atom. The maximum atomic E-state index is 1.50. The third-order valence-corrected chi connectivity index (χ3v) is 1.25. The molecule has 0 N–H and O–H groups in total. The first kappa shape index (κ1) is 6.87. The molecule has 1 saturated carbocycles. The Balaban J connectivity index is 0.000000250. The van der Waals surface area contributed by atoms with E-state index in [1.165, 1.54) is 32.1 Å². The van der Waals surface area contributed by atoms with Gasteiger partial charge < -0.3 is 0 Å². The van der Waals surface area contributed by atoms with Crippen LogP contribution in [0.3, 0.4) is 0 Å². The minimum atomic E-state index is 0. The molecule has 0 radical (unpaired) electrons. The second kappa shape index (κ2) is 4.04. The first-order valence-corrected chi connectivity index (χ1v) is 2.50. The fraction of sp³-hybridized carbons (Fsp3) is 1.00. The van der Waals surface area contributed by atoms with Crippen LogP contribution in [0.25, 0.3) is 0 Å². The molecule has 0 bridgehead atoms. The van der Waals surface area contributed by atoms with Gasteiger partial charge in [0.25, 0.3) is 0 Å². The number of hydrogen-bond acceptors (Lipinski definition) is 0. The van der Waals surface area contributed by atoms with Gasteiger partial charge in [-0.2, -0.15) is 0 Å². The van der Waals surface area contributed by atoms with Crippen LogP contribution in [-0.4, -0.2) is 25.8 Å². The Morgan fingerprint density at radius 1 is 0.500 bits per heavy atom. The van der Waals surface area contributed by atoms with Gasteiger partial charge in [-0.1, -0.05) is 32.1 Å². The van der Waals surface area contributed by atoms with Gasteiger partial charge >= 0.3 is 25.8 Å². The molecule has 1 rings (SSSR count). The van der Waals surface area contributed by atoms with Crippen molar-refractivity contribution in [2.45, 2.75) is 32.1 Å². The zero-order valence-electron chi connectivity index (χ0n) is 3.54. The quantitative estimate of drug-likeness (QED) is 0.526. The second-order valence-corrected chi connectivity index (χ2v) is 1.77. The van der Waals surface area contributed by atoms with Gasteiger partial charge in [0.2, 0.25) is 0 Å². The molecule has 0 spiro atoms. The minimum absolute atomic E-state index is 0. The summed E-state index contributed by atoms with van der Waals surface area (Å²) in [6.45, 7) is 0. The molecular weight excluding hydrogens is 175 g/mol. The maximum absolute atomic E-state index is 1.50. The summed E-state index contributed by atoms with van der Waals surface area (Å²) in [5.41, 5.74) is 0. The Kier molecular flexibility index (Phi) is 4.63. The van der Waals surface area contributed by atoms with E-state index in [9.17, 15) is 0 Å². The van der Waals surface area contributed by atoms with Crippen molar-refractivity contribution in [1.82, 2.24) is 0 Å². The summed E-state index contributed by atoms with van der Waals surface area (Å²) in [5.74, 6) is 0. The Morgan fingerprint density at radius 2 is 0.667 bits per heavy atom. The predicted octanol–water partition coefficient (Wildman–Crippen LogP) is 0.767. The van der Waals surface area contributed by atoms with Crippen molar-refractivity contribution >= 4 is 25.8 Å². The van der Waals surface area contributed by atoms with Gasteiger partial charge in [-0.25, -0.2) is 0 Å². The molecule has 1 heteroatoms. The van der Waals surface area contributed by atoms with E-state index >= 15 is 0 Å². The Bertz CT molecular complexity index is 15.5. The second-order valence-electron chi connectivity index (χ2n) is 1.77. The van der Waals surface area contributed by atoms with Gasteiger partial charge in [0.05, 0.1) is 0 Å². The molecule has 0 unspecified atom stereocenters. The average molecular weight is 188 g/mol. The van der Waals surface area contributed by atoms with Gasteiger partial charge in [-0.3, -0.25) is 0 Å². The molecular formula is C5H13In. The third-order valence-electron chi connectivity index (χ3n) is 1.25. The molecule has 0 aromatic carbocycles. The van der Waals surface area contributed by atoms with E-state index in [1.54, 1.807) is 0 Å². The summed E-state index contributed by atoms with van der Waals surface area (Å²) in [4.78, 5) is 0. The van der Waals surface area contributed by atoms with E-state index in [1.807, 2.05) is 0 Å². The van der Waals surface area contributed by atoms with Crippen molar-refractivity contribution in [3.05, 3.63) is 0 Å². The van der Waals surface area contributed by atoms with Crippen LogP contribution >= 0.6 is 0 Å². The Labute approximate surface area is 58.1 Å². The molecule has 0 saturated heterocycles. The molecule has 0 nitrogen and oxygen atoms in total. The first-order valence-electron chi connectivity index (χ1n) is 2.50.